The summed E-state index contributed by atoms with van der Waals surface area (Å²) in [6.45, 7) is 9.99. The van der Waals surface area contributed by atoms with Crippen LogP contribution in [0, 0.1) is 25.7 Å². The SMILES string of the molecule is Cc1ccc(N)c(NC(=O)C(C)C(C)C)c1C. The number of aryl methyl sites for hydroxylation is 1. The van der Waals surface area contributed by atoms with Crippen LogP contribution in [0.25, 0.3) is 0 Å². The van der Waals surface area contributed by atoms with Crippen LogP contribution < -0.4 is 11.1 Å². The number of hydrogen-bond acceptors (Lipinski definition) is 2. The smallest absolute Gasteiger partial charge is 0.227 e. The monoisotopic (exact) mass is 234 g/mol. The number of amides is 1. The Kier molecular flexibility index (Phi) is 4.16. The van der Waals surface area contributed by atoms with Gasteiger partial charge in [-0.3, -0.25) is 4.79 Å². The zero-order valence-corrected chi connectivity index (χ0v) is 11.3. The molecule has 0 heterocycles. The predicted octanol–water partition coefficient (Wildman–Crippen LogP) is 3.12. The molecule has 1 aromatic rings. The molecule has 0 radical (unpaired) electrons. The van der Waals surface area contributed by atoms with Gasteiger partial charge in [0.05, 0.1) is 11.4 Å². The molecule has 0 aliphatic heterocycles. The third kappa shape index (κ3) is 2.99. The van der Waals surface area contributed by atoms with Gasteiger partial charge in [-0.25, -0.2) is 0 Å². The number of rotatable bonds is 3. The molecular weight excluding hydrogens is 212 g/mol. The topological polar surface area (TPSA) is 55.1 Å². The van der Waals surface area contributed by atoms with Crippen LogP contribution in [-0.4, -0.2) is 5.91 Å². The second-order valence-corrected chi connectivity index (χ2v) is 4.99. The van der Waals surface area contributed by atoms with Crippen molar-refractivity contribution in [2.24, 2.45) is 11.8 Å². The van der Waals surface area contributed by atoms with E-state index in [1.165, 1.54) is 0 Å². The minimum atomic E-state index is -0.0192. The van der Waals surface area contributed by atoms with Gasteiger partial charge in [-0.2, -0.15) is 0 Å². The summed E-state index contributed by atoms with van der Waals surface area (Å²) < 4.78 is 0. The quantitative estimate of drug-likeness (QED) is 0.789. The zero-order valence-electron chi connectivity index (χ0n) is 11.3. The predicted molar refractivity (Wildman–Crippen MR) is 73.0 cm³/mol. The van der Waals surface area contributed by atoms with Crippen LogP contribution in [-0.2, 0) is 4.79 Å². The maximum atomic E-state index is 12.0. The first kappa shape index (κ1) is 13.6. The van der Waals surface area contributed by atoms with Gasteiger partial charge in [0.2, 0.25) is 5.91 Å². The van der Waals surface area contributed by atoms with Gasteiger partial charge in [0.25, 0.3) is 0 Å². The maximum absolute atomic E-state index is 12.0. The first-order chi connectivity index (χ1) is 7.84. The Morgan fingerprint density at radius 2 is 1.82 bits per heavy atom. The molecule has 0 spiro atoms. The van der Waals surface area contributed by atoms with Crippen LogP contribution in [0.1, 0.15) is 31.9 Å². The molecule has 0 saturated heterocycles. The molecule has 3 heteroatoms. The Balaban J connectivity index is 2.96. The van der Waals surface area contributed by atoms with Gasteiger partial charge in [0, 0.05) is 5.92 Å². The highest BCUT2D eigenvalue weighted by molar-refractivity contribution is 5.96. The third-order valence-electron chi connectivity index (χ3n) is 3.43. The van der Waals surface area contributed by atoms with Gasteiger partial charge in [-0.1, -0.05) is 26.8 Å². The van der Waals surface area contributed by atoms with Gasteiger partial charge in [0.15, 0.2) is 0 Å². The van der Waals surface area contributed by atoms with E-state index in [4.69, 9.17) is 5.73 Å². The summed E-state index contributed by atoms with van der Waals surface area (Å²) in [5, 5.41) is 2.94. The number of carbonyl (C=O) groups is 1. The number of hydrogen-bond donors (Lipinski definition) is 2. The highest BCUT2D eigenvalue weighted by atomic mass is 16.1. The van der Waals surface area contributed by atoms with Crippen molar-refractivity contribution in [3.8, 4) is 0 Å². The maximum Gasteiger partial charge on any atom is 0.227 e. The van der Waals surface area contributed by atoms with E-state index >= 15 is 0 Å². The van der Waals surface area contributed by atoms with Crippen molar-refractivity contribution in [1.82, 2.24) is 0 Å². The second-order valence-electron chi connectivity index (χ2n) is 4.99. The molecule has 0 aromatic heterocycles. The van der Waals surface area contributed by atoms with Crippen molar-refractivity contribution in [2.45, 2.75) is 34.6 Å². The third-order valence-corrected chi connectivity index (χ3v) is 3.43. The molecule has 3 nitrogen and oxygen atoms in total. The fourth-order valence-corrected chi connectivity index (χ4v) is 1.54. The van der Waals surface area contributed by atoms with Crippen LogP contribution in [0.15, 0.2) is 12.1 Å². The first-order valence-corrected chi connectivity index (χ1v) is 6.01. The number of nitrogens with one attached hydrogen (secondary N) is 1. The van der Waals surface area contributed by atoms with Crippen molar-refractivity contribution in [3.63, 3.8) is 0 Å². The summed E-state index contributed by atoms with van der Waals surface area (Å²) in [6, 6.07) is 3.80. The van der Waals surface area contributed by atoms with E-state index in [0.29, 0.717) is 11.6 Å². The van der Waals surface area contributed by atoms with Gasteiger partial charge < -0.3 is 11.1 Å². The van der Waals surface area contributed by atoms with E-state index in [-0.39, 0.29) is 11.8 Å². The standard InChI is InChI=1S/C14H22N2O/c1-8(2)10(4)14(17)16-13-11(5)9(3)6-7-12(13)15/h6-8,10H,15H2,1-5H3,(H,16,17). The lowest BCUT2D eigenvalue weighted by atomic mass is 9.96. The minimum absolute atomic E-state index is 0.0192. The molecular formula is C14H22N2O. The van der Waals surface area contributed by atoms with Crippen LogP contribution in [0.5, 0.6) is 0 Å². The normalized spacial score (nSPS) is 12.6. The molecule has 1 atom stereocenters. The summed E-state index contributed by atoms with van der Waals surface area (Å²) in [7, 11) is 0. The lowest BCUT2D eigenvalue weighted by Gasteiger charge is -2.18. The van der Waals surface area contributed by atoms with E-state index in [1.54, 1.807) is 0 Å². The van der Waals surface area contributed by atoms with Gasteiger partial charge in [0.1, 0.15) is 0 Å². The second kappa shape index (κ2) is 5.21. The van der Waals surface area contributed by atoms with E-state index in [1.807, 2.05) is 46.8 Å². The zero-order chi connectivity index (χ0) is 13.2. The molecule has 0 saturated carbocycles. The van der Waals surface area contributed by atoms with Crippen molar-refractivity contribution < 1.29 is 4.79 Å². The van der Waals surface area contributed by atoms with Crippen LogP contribution in [0.4, 0.5) is 11.4 Å². The average Bonchev–Trinajstić information content (AvgIpc) is 2.28. The van der Waals surface area contributed by atoms with E-state index < -0.39 is 0 Å². The molecule has 17 heavy (non-hydrogen) atoms. The number of anilines is 2. The average molecular weight is 234 g/mol. The Hall–Kier alpha value is -1.51. The van der Waals surface area contributed by atoms with Gasteiger partial charge in [-0.15, -0.1) is 0 Å². The fourth-order valence-electron chi connectivity index (χ4n) is 1.54. The summed E-state index contributed by atoms with van der Waals surface area (Å²) >= 11 is 0. The van der Waals surface area contributed by atoms with Crippen molar-refractivity contribution in [2.75, 3.05) is 11.1 Å². The lowest BCUT2D eigenvalue weighted by Crippen LogP contribution is -2.25. The molecule has 3 N–H and O–H groups in total. The number of benzene rings is 1. The highest BCUT2D eigenvalue weighted by Gasteiger charge is 2.18. The van der Waals surface area contributed by atoms with Crippen LogP contribution >= 0.6 is 0 Å². The van der Waals surface area contributed by atoms with Crippen molar-refractivity contribution >= 4 is 17.3 Å². The summed E-state index contributed by atoms with van der Waals surface area (Å²) in [5.74, 6) is 0.330. The molecule has 0 bridgehead atoms. The van der Waals surface area contributed by atoms with E-state index in [9.17, 15) is 4.79 Å². The molecule has 1 aromatic carbocycles. The fraction of sp³-hybridized carbons (Fsp3) is 0.500. The van der Waals surface area contributed by atoms with Crippen molar-refractivity contribution in [1.29, 1.82) is 0 Å². The molecule has 94 valence electrons. The van der Waals surface area contributed by atoms with E-state index in [0.717, 1.165) is 16.8 Å². The Labute approximate surface area is 103 Å². The summed E-state index contributed by atoms with van der Waals surface area (Å²) in [4.78, 5) is 12.0. The minimum Gasteiger partial charge on any atom is -0.397 e. The molecule has 1 unspecified atom stereocenters. The first-order valence-electron chi connectivity index (χ1n) is 6.01. The summed E-state index contributed by atoms with van der Waals surface area (Å²) in [6.07, 6.45) is 0. The Morgan fingerprint density at radius 1 is 1.24 bits per heavy atom. The highest BCUT2D eigenvalue weighted by Crippen LogP contribution is 2.26. The van der Waals surface area contributed by atoms with Gasteiger partial charge in [-0.05, 0) is 37.0 Å². The van der Waals surface area contributed by atoms with Crippen LogP contribution in [0.3, 0.4) is 0 Å². The van der Waals surface area contributed by atoms with Gasteiger partial charge >= 0.3 is 0 Å². The summed E-state index contributed by atoms with van der Waals surface area (Å²) in [5.41, 5.74) is 9.44. The molecule has 0 aliphatic carbocycles. The number of nitrogens with two attached hydrogens (primary N) is 1. The molecule has 0 fully saturated rings. The molecule has 0 aliphatic rings. The number of nitrogen functional groups attached to an aromatic ring is 1. The van der Waals surface area contributed by atoms with E-state index in [2.05, 4.69) is 5.32 Å². The van der Waals surface area contributed by atoms with Crippen molar-refractivity contribution in [3.05, 3.63) is 23.3 Å². The number of carbonyl (C=O) groups excluding carboxylic acids is 1. The lowest BCUT2D eigenvalue weighted by molar-refractivity contribution is -0.120. The Bertz CT molecular complexity index is 424. The molecule has 1 rings (SSSR count). The molecule has 1 amide bonds. The van der Waals surface area contributed by atoms with Crippen LogP contribution in [0.2, 0.25) is 0 Å². The largest absolute Gasteiger partial charge is 0.397 e. The Morgan fingerprint density at radius 3 is 2.35 bits per heavy atom.